The maximum absolute atomic E-state index is 6.07. The summed E-state index contributed by atoms with van der Waals surface area (Å²) in [7, 11) is 4.18. The van der Waals surface area contributed by atoms with Gasteiger partial charge in [-0.05, 0) is 61.9 Å². The molecule has 0 bridgehead atoms. The topological polar surface area (TPSA) is 40.2 Å². The van der Waals surface area contributed by atoms with Gasteiger partial charge in [0.25, 0.3) is 0 Å². The van der Waals surface area contributed by atoms with Crippen molar-refractivity contribution in [1.82, 2.24) is 10.3 Å². The summed E-state index contributed by atoms with van der Waals surface area (Å²) in [5.41, 5.74) is 3.50. The van der Waals surface area contributed by atoms with Gasteiger partial charge >= 0.3 is 0 Å². The normalized spacial score (nSPS) is 19.0. The van der Waals surface area contributed by atoms with Gasteiger partial charge in [0, 0.05) is 48.8 Å². The third-order valence-electron chi connectivity index (χ3n) is 6.03. The van der Waals surface area contributed by atoms with Crippen molar-refractivity contribution in [3.8, 4) is 0 Å². The lowest BCUT2D eigenvalue weighted by atomic mass is 9.86. The zero-order valence-electron chi connectivity index (χ0n) is 17.9. The molecule has 4 rings (SSSR count). The van der Waals surface area contributed by atoms with Crippen molar-refractivity contribution in [2.24, 2.45) is 5.92 Å². The molecule has 1 saturated carbocycles. The fourth-order valence-corrected chi connectivity index (χ4v) is 4.60. The first-order valence-corrected chi connectivity index (χ1v) is 11.2. The van der Waals surface area contributed by atoms with E-state index in [0.29, 0.717) is 6.04 Å². The van der Waals surface area contributed by atoms with E-state index in [2.05, 4.69) is 66.0 Å². The van der Waals surface area contributed by atoms with Crippen molar-refractivity contribution in [2.45, 2.75) is 38.3 Å². The van der Waals surface area contributed by atoms with E-state index < -0.39 is 0 Å². The van der Waals surface area contributed by atoms with E-state index in [1.54, 1.807) is 0 Å². The van der Waals surface area contributed by atoms with Crippen LogP contribution in [0.15, 0.2) is 54.6 Å². The lowest BCUT2D eigenvalue weighted by Gasteiger charge is -2.30. The summed E-state index contributed by atoms with van der Waals surface area (Å²) >= 11 is 6.07. The molecule has 2 aromatic carbocycles. The molecule has 0 spiro atoms. The van der Waals surface area contributed by atoms with Crippen molar-refractivity contribution in [1.29, 1.82) is 0 Å². The first-order chi connectivity index (χ1) is 14.6. The highest BCUT2D eigenvalue weighted by Gasteiger charge is 2.21. The van der Waals surface area contributed by atoms with E-state index in [1.807, 2.05) is 18.2 Å². The van der Waals surface area contributed by atoms with Gasteiger partial charge in [-0.1, -0.05) is 41.9 Å². The largest absolute Gasteiger partial charge is 0.377 e. The molecule has 3 aromatic rings. The standard InChI is InChI=1S/C25H31ClN4/c1-30(2)24-15-25(29-23-9-4-3-8-22(23)24)28-21-12-10-18(11-13-21)16-27-17-19-6-5-7-20(26)14-19/h3-9,14-15,18,21,27H,10-13,16-17H2,1-2H3,(H,28,29)/t18-,21+. The second-order valence-electron chi connectivity index (χ2n) is 8.56. The third-order valence-corrected chi connectivity index (χ3v) is 6.26. The maximum atomic E-state index is 6.07. The lowest BCUT2D eigenvalue weighted by Crippen LogP contribution is -2.31. The smallest absolute Gasteiger partial charge is 0.128 e. The Balaban J connectivity index is 1.29. The molecule has 0 amide bonds. The predicted octanol–water partition coefficient (Wildman–Crippen LogP) is 5.71. The molecule has 158 valence electrons. The number of pyridine rings is 1. The van der Waals surface area contributed by atoms with Crippen LogP contribution in [0.25, 0.3) is 10.9 Å². The second-order valence-corrected chi connectivity index (χ2v) is 9.00. The van der Waals surface area contributed by atoms with Crippen molar-refractivity contribution in [3.63, 3.8) is 0 Å². The Morgan fingerprint density at radius 3 is 2.57 bits per heavy atom. The number of nitrogens with one attached hydrogen (secondary N) is 2. The molecule has 30 heavy (non-hydrogen) atoms. The van der Waals surface area contributed by atoms with E-state index in [-0.39, 0.29) is 0 Å². The average Bonchev–Trinajstić information content (AvgIpc) is 2.74. The summed E-state index contributed by atoms with van der Waals surface area (Å²) in [5, 5.41) is 9.31. The van der Waals surface area contributed by atoms with Crippen molar-refractivity contribution in [3.05, 3.63) is 65.2 Å². The highest BCUT2D eigenvalue weighted by Crippen LogP contribution is 2.30. The fraction of sp³-hybridized carbons (Fsp3) is 0.400. The van der Waals surface area contributed by atoms with Crippen molar-refractivity contribution >= 4 is 34.0 Å². The molecule has 0 radical (unpaired) electrons. The van der Waals surface area contributed by atoms with E-state index >= 15 is 0 Å². The summed E-state index contributed by atoms with van der Waals surface area (Å²) in [5.74, 6) is 1.73. The molecular weight excluding hydrogens is 392 g/mol. The number of hydrogen-bond donors (Lipinski definition) is 2. The Morgan fingerprint density at radius 2 is 1.80 bits per heavy atom. The molecule has 0 aliphatic heterocycles. The van der Waals surface area contributed by atoms with Gasteiger partial charge in [-0.25, -0.2) is 4.98 Å². The Hall–Kier alpha value is -2.30. The number of hydrogen-bond acceptors (Lipinski definition) is 4. The number of nitrogens with zero attached hydrogens (tertiary/aromatic N) is 2. The zero-order valence-corrected chi connectivity index (χ0v) is 18.6. The Morgan fingerprint density at radius 1 is 1.00 bits per heavy atom. The van der Waals surface area contributed by atoms with Gasteiger partial charge in [-0.2, -0.15) is 0 Å². The van der Waals surface area contributed by atoms with Crippen LogP contribution in [0, 0.1) is 5.92 Å². The Labute approximate surface area is 184 Å². The summed E-state index contributed by atoms with van der Waals surface area (Å²) in [6.45, 7) is 1.95. The summed E-state index contributed by atoms with van der Waals surface area (Å²) in [4.78, 5) is 7.03. The molecule has 1 heterocycles. The quantitative estimate of drug-likeness (QED) is 0.511. The molecular formula is C25H31ClN4. The van der Waals surface area contributed by atoms with Crippen LogP contribution in [-0.2, 0) is 6.54 Å². The minimum atomic E-state index is 0.498. The summed E-state index contributed by atoms with van der Waals surface area (Å²) < 4.78 is 0. The van der Waals surface area contributed by atoms with E-state index in [9.17, 15) is 0 Å². The number of para-hydroxylation sites is 1. The Bertz CT molecular complexity index is 980. The fourth-order valence-electron chi connectivity index (χ4n) is 4.39. The van der Waals surface area contributed by atoms with E-state index in [4.69, 9.17) is 16.6 Å². The SMILES string of the molecule is CN(C)c1cc(N[C@H]2CC[C@@H](CNCc3cccc(Cl)c3)CC2)nc2ccccc12. The molecule has 2 N–H and O–H groups in total. The van der Waals surface area contributed by atoms with Crippen LogP contribution in [-0.4, -0.2) is 31.7 Å². The van der Waals surface area contributed by atoms with Crippen LogP contribution in [0.4, 0.5) is 11.5 Å². The molecule has 1 aliphatic carbocycles. The number of rotatable bonds is 7. The van der Waals surface area contributed by atoms with Crippen molar-refractivity contribution < 1.29 is 0 Å². The number of aromatic nitrogens is 1. The van der Waals surface area contributed by atoms with Crippen LogP contribution in [0.5, 0.6) is 0 Å². The molecule has 5 heteroatoms. The molecule has 1 aliphatic rings. The van der Waals surface area contributed by atoms with Crippen LogP contribution in [0.1, 0.15) is 31.2 Å². The van der Waals surface area contributed by atoms with E-state index in [1.165, 1.54) is 42.3 Å². The average molecular weight is 423 g/mol. The molecule has 1 fully saturated rings. The zero-order chi connectivity index (χ0) is 20.9. The minimum absolute atomic E-state index is 0.498. The maximum Gasteiger partial charge on any atom is 0.128 e. The number of halogens is 1. The molecule has 0 atom stereocenters. The summed E-state index contributed by atoms with van der Waals surface area (Å²) in [6, 6.07) is 19.1. The molecule has 0 saturated heterocycles. The Kier molecular flexibility index (Phi) is 6.76. The van der Waals surface area contributed by atoms with E-state index in [0.717, 1.165) is 35.4 Å². The van der Waals surface area contributed by atoms with Crippen LogP contribution in [0.2, 0.25) is 5.02 Å². The molecule has 0 unspecified atom stereocenters. The van der Waals surface area contributed by atoms with Crippen molar-refractivity contribution in [2.75, 3.05) is 30.9 Å². The number of benzene rings is 2. The third kappa shape index (κ3) is 5.24. The first-order valence-electron chi connectivity index (χ1n) is 10.9. The van der Waals surface area contributed by atoms with Gasteiger partial charge in [-0.3, -0.25) is 0 Å². The first kappa shape index (κ1) is 21.0. The van der Waals surface area contributed by atoms with Gasteiger partial charge in [0.1, 0.15) is 5.82 Å². The minimum Gasteiger partial charge on any atom is -0.377 e. The highest BCUT2D eigenvalue weighted by atomic mass is 35.5. The summed E-state index contributed by atoms with van der Waals surface area (Å²) in [6.07, 6.45) is 4.87. The van der Waals surface area contributed by atoms with Crippen LogP contribution < -0.4 is 15.5 Å². The van der Waals surface area contributed by atoms with Gasteiger partial charge in [-0.15, -0.1) is 0 Å². The predicted molar refractivity (Wildman–Crippen MR) is 129 cm³/mol. The number of fused-ring (bicyclic) bond motifs is 1. The number of anilines is 2. The van der Waals surface area contributed by atoms with Crippen LogP contribution >= 0.6 is 11.6 Å². The highest BCUT2D eigenvalue weighted by molar-refractivity contribution is 6.30. The second kappa shape index (κ2) is 9.67. The van der Waals surface area contributed by atoms with Gasteiger partial charge < -0.3 is 15.5 Å². The van der Waals surface area contributed by atoms with Gasteiger partial charge in [0.05, 0.1) is 5.52 Å². The van der Waals surface area contributed by atoms with Crippen LogP contribution in [0.3, 0.4) is 0 Å². The molecule has 1 aromatic heterocycles. The van der Waals surface area contributed by atoms with Gasteiger partial charge in [0.15, 0.2) is 0 Å². The van der Waals surface area contributed by atoms with Gasteiger partial charge in [0.2, 0.25) is 0 Å². The molecule has 4 nitrogen and oxygen atoms in total. The lowest BCUT2D eigenvalue weighted by molar-refractivity contribution is 0.324. The monoisotopic (exact) mass is 422 g/mol.